The second kappa shape index (κ2) is 4.04. The smallest absolute Gasteiger partial charge is 0.348 e. The summed E-state index contributed by atoms with van der Waals surface area (Å²) in [5.74, 6) is 2.61. The molecule has 0 unspecified atom stereocenters. The van der Waals surface area contributed by atoms with E-state index in [1.165, 1.54) is 0 Å². The number of hydrogen-bond donors (Lipinski definition) is 1. The lowest BCUT2D eigenvalue weighted by Gasteiger charge is -2.08. The van der Waals surface area contributed by atoms with Gasteiger partial charge >= 0.3 is 5.69 Å². The number of thioether (sulfide) groups is 1. The van der Waals surface area contributed by atoms with Crippen LogP contribution in [0.15, 0.2) is 4.79 Å². The highest BCUT2D eigenvalue weighted by Gasteiger charge is 2.15. The van der Waals surface area contributed by atoms with Crippen LogP contribution in [0.5, 0.6) is 5.88 Å². The number of aryl methyl sites for hydroxylation is 1. The molecule has 1 aromatic heterocycles. The molecule has 0 radical (unpaired) electrons. The molecule has 0 aliphatic carbocycles. The van der Waals surface area contributed by atoms with Gasteiger partial charge in [0.2, 0.25) is 5.88 Å². The molecular weight excluding hydrogens is 200 g/mol. The van der Waals surface area contributed by atoms with E-state index in [4.69, 9.17) is 4.74 Å². The summed E-state index contributed by atoms with van der Waals surface area (Å²) in [5, 5.41) is 0. The van der Waals surface area contributed by atoms with Crippen molar-refractivity contribution in [3.8, 4) is 5.88 Å². The molecule has 0 bridgehead atoms. The third-order valence-corrected chi connectivity index (χ3v) is 3.26. The highest BCUT2D eigenvalue weighted by atomic mass is 32.2. The van der Waals surface area contributed by atoms with Gasteiger partial charge in [0.1, 0.15) is 0 Å². The summed E-state index contributed by atoms with van der Waals surface area (Å²) >= 11 is 1.89. The van der Waals surface area contributed by atoms with E-state index in [1.54, 1.807) is 7.11 Å². The van der Waals surface area contributed by atoms with Gasteiger partial charge in [-0.05, 0) is 24.3 Å². The molecule has 0 aromatic carbocycles. The Labute approximate surface area is 86.1 Å². The van der Waals surface area contributed by atoms with E-state index in [0.717, 1.165) is 35.6 Å². The SMILES string of the molecule is COc1nc(=O)[nH]c2c1CCSCC2. The zero-order valence-electron chi connectivity index (χ0n) is 8.00. The summed E-state index contributed by atoms with van der Waals surface area (Å²) < 4.78 is 5.11. The molecule has 14 heavy (non-hydrogen) atoms. The topological polar surface area (TPSA) is 55.0 Å². The predicted octanol–water partition coefficient (Wildman–Crippen LogP) is 0.610. The van der Waals surface area contributed by atoms with Gasteiger partial charge in [-0.1, -0.05) is 0 Å². The molecule has 4 nitrogen and oxygen atoms in total. The molecule has 0 spiro atoms. The number of aromatic amines is 1. The van der Waals surface area contributed by atoms with E-state index in [1.807, 2.05) is 11.8 Å². The molecule has 1 aliphatic rings. The van der Waals surface area contributed by atoms with E-state index in [2.05, 4.69) is 9.97 Å². The van der Waals surface area contributed by atoms with Crippen LogP contribution in [0.25, 0.3) is 0 Å². The molecule has 5 heteroatoms. The maximum atomic E-state index is 11.2. The predicted molar refractivity (Wildman–Crippen MR) is 56.1 cm³/mol. The quantitative estimate of drug-likeness (QED) is 0.741. The Kier molecular flexibility index (Phi) is 2.77. The van der Waals surface area contributed by atoms with Crippen molar-refractivity contribution < 1.29 is 4.74 Å². The fourth-order valence-corrected chi connectivity index (χ4v) is 2.51. The monoisotopic (exact) mass is 212 g/mol. The second-order valence-electron chi connectivity index (χ2n) is 3.12. The minimum absolute atomic E-state index is 0.312. The average Bonchev–Trinajstić information content (AvgIpc) is 2.41. The maximum absolute atomic E-state index is 11.2. The number of hydrogen-bond acceptors (Lipinski definition) is 4. The average molecular weight is 212 g/mol. The Hall–Kier alpha value is -0.970. The number of fused-ring (bicyclic) bond motifs is 1. The van der Waals surface area contributed by atoms with E-state index in [0.29, 0.717) is 5.88 Å². The lowest BCUT2D eigenvalue weighted by atomic mass is 10.1. The summed E-state index contributed by atoms with van der Waals surface area (Å²) in [6, 6.07) is 0. The van der Waals surface area contributed by atoms with E-state index >= 15 is 0 Å². The fraction of sp³-hybridized carbons (Fsp3) is 0.556. The molecule has 1 aliphatic heterocycles. The van der Waals surface area contributed by atoms with Crippen LogP contribution in [0.4, 0.5) is 0 Å². The molecule has 0 saturated carbocycles. The minimum atomic E-state index is -0.312. The lowest BCUT2D eigenvalue weighted by molar-refractivity contribution is 0.389. The van der Waals surface area contributed by atoms with Gasteiger partial charge in [-0.2, -0.15) is 16.7 Å². The summed E-state index contributed by atoms with van der Waals surface area (Å²) in [6.45, 7) is 0. The van der Waals surface area contributed by atoms with Crippen molar-refractivity contribution in [3.63, 3.8) is 0 Å². The molecular formula is C9H12N2O2S. The Morgan fingerprint density at radius 2 is 2.21 bits per heavy atom. The Morgan fingerprint density at radius 3 is 3.00 bits per heavy atom. The molecule has 2 rings (SSSR count). The van der Waals surface area contributed by atoms with Crippen LogP contribution in [0, 0.1) is 0 Å². The van der Waals surface area contributed by atoms with Crippen molar-refractivity contribution in [2.24, 2.45) is 0 Å². The molecule has 76 valence electrons. The first-order valence-electron chi connectivity index (χ1n) is 4.55. The van der Waals surface area contributed by atoms with Crippen molar-refractivity contribution in [1.82, 2.24) is 9.97 Å². The van der Waals surface area contributed by atoms with Crippen molar-refractivity contribution in [3.05, 3.63) is 21.7 Å². The van der Waals surface area contributed by atoms with E-state index in [-0.39, 0.29) is 5.69 Å². The van der Waals surface area contributed by atoms with Gasteiger partial charge in [-0.25, -0.2) is 4.79 Å². The van der Waals surface area contributed by atoms with Crippen LogP contribution in [0.1, 0.15) is 11.3 Å². The largest absolute Gasteiger partial charge is 0.481 e. The Balaban J connectivity index is 2.52. The van der Waals surface area contributed by atoms with Gasteiger partial charge in [0.15, 0.2) is 0 Å². The third-order valence-electron chi connectivity index (χ3n) is 2.27. The first-order chi connectivity index (χ1) is 6.81. The summed E-state index contributed by atoms with van der Waals surface area (Å²) in [5.41, 5.74) is 1.75. The number of methoxy groups -OCH3 is 1. The molecule has 1 N–H and O–H groups in total. The first-order valence-corrected chi connectivity index (χ1v) is 5.70. The molecule has 1 aromatic rings. The number of ether oxygens (including phenoxy) is 1. The van der Waals surface area contributed by atoms with Crippen molar-refractivity contribution in [2.45, 2.75) is 12.8 Å². The molecule has 0 saturated heterocycles. The van der Waals surface area contributed by atoms with Gasteiger partial charge in [-0.15, -0.1) is 0 Å². The fourth-order valence-electron chi connectivity index (χ4n) is 1.61. The van der Waals surface area contributed by atoms with Crippen LogP contribution in [0.3, 0.4) is 0 Å². The molecule has 0 atom stereocenters. The van der Waals surface area contributed by atoms with Crippen LogP contribution in [-0.2, 0) is 12.8 Å². The highest BCUT2D eigenvalue weighted by Crippen LogP contribution is 2.23. The number of rotatable bonds is 1. The first kappa shape index (κ1) is 9.58. The third kappa shape index (κ3) is 1.77. The molecule has 0 amide bonds. The zero-order chi connectivity index (χ0) is 9.97. The van der Waals surface area contributed by atoms with Crippen LogP contribution >= 0.6 is 11.8 Å². The van der Waals surface area contributed by atoms with Crippen LogP contribution in [-0.4, -0.2) is 28.6 Å². The minimum Gasteiger partial charge on any atom is -0.481 e. The lowest BCUT2D eigenvalue weighted by Crippen LogP contribution is -2.17. The number of nitrogens with one attached hydrogen (secondary N) is 1. The standard InChI is InChI=1S/C9H12N2O2S/c1-13-8-6-2-4-14-5-3-7(6)10-9(12)11-8/h2-5H2,1H3,(H,10,11,12). The van der Waals surface area contributed by atoms with Crippen molar-refractivity contribution in [1.29, 1.82) is 0 Å². The van der Waals surface area contributed by atoms with E-state index in [9.17, 15) is 4.79 Å². The van der Waals surface area contributed by atoms with Crippen LogP contribution in [0.2, 0.25) is 0 Å². The van der Waals surface area contributed by atoms with Gasteiger partial charge < -0.3 is 9.72 Å². The molecule has 2 heterocycles. The van der Waals surface area contributed by atoms with Crippen molar-refractivity contribution >= 4 is 11.8 Å². The second-order valence-corrected chi connectivity index (χ2v) is 4.35. The highest BCUT2D eigenvalue weighted by molar-refractivity contribution is 7.99. The van der Waals surface area contributed by atoms with Crippen LogP contribution < -0.4 is 10.4 Å². The van der Waals surface area contributed by atoms with Gasteiger partial charge in [0, 0.05) is 11.3 Å². The number of H-pyrrole nitrogens is 1. The molecule has 0 fully saturated rings. The van der Waals surface area contributed by atoms with Crippen molar-refractivity contribution in [2.75, 3.05) is 18.6 Å². The summed E-state index contributed by atoms with van der Waals surface area (Å²) in [4.78, 5) is 17.8. The normalized spacial score (nSPS) is 15.8. The summed E-state index contributed by atoms with van der Waals surface area (Å²) in [6.07, 6.45) is 1.82. The Bertz CT molecular complexity index is 389. The van der Waals surface area contributed by atoms with E-state index < -0.39 is 0 Å². The van der Waals surface area contributed by atoms with Gasteiger partial charge in [-0.3, -0.25) is 0 Å². The summed E-state index contributed by atoms with van der Waals surface area (Å²) in [7, 11) is 1.56. The van der Waals surface area contributed by atoms with Gasteiger partial charge in [0.25, 0.3) is 0 Å². The Morgan fingerprint density at radius 1 is 1.43 bits per heavy atom. The maximum Gasteiger partial charge on any atom is 0.348 e. The zero-order valence-corrected chi connectivity index (χ0v) is 8.82. The number of nitrogens with zero attached hydrogens (tertiary/aromatic N) is 1. The van der Waals surface area contributed by atoms with Gasteiger partial charge in [0.05, 0.1) is 7.11 Å². The number of aromatic nitrogens is 2.